The van der Waals surface area contributed by atoms with Crippen molar-refractivity contribution < 1.29 is 0 Å². The van der Waals surface area contributed by atoms with Crippen LogP contribution in [0.2, 0.25) is 5.15 Å². The Kier molecular flexibility index (Phi) is 6.59. The Morgan fingerprint density at radius 3 is 2.77 bits per heavy atom. The fourth-order valence-electron chi connectivity index (χ4n) is 3.07. The molecule has 3 rings (SSSR count). The van der Waals surface area contributed by atoms with Crippen LogP contribution in [0.4, 0.5) is 11.4 Å². The number of nitrogens with two attached hydrogens (primary N) is 1. The molecule has 5 nitrogen and oxygen atoms in total. The van der Waals surface area contributed by atoms with Crippen LogP contribution < -0.4 is 11.1 Å². The summed E-state index contributed by atoms with van der Waals surface area (Å²) >= 11 is 6.11. The standard InChI is InChI=1S/C18H18ClN5.C2H6/c1-10(21)14-8-13(5-6-15(14)22)23-16-4-2-3-11-7-12(9-20)18(19)24-17(11)16;1-2/h5-8,16,21,23H,2-4,22H2,1H3;1-2H3. The number of hydrogen-bond acceptors (Lipinski definition) is 5. The number of nitrogens with zero attached hydrogens (tertiary/aromatic N) is 2. The van der Waals surface area contributed by atoms with E-state index >= 15 is 0 Å². The highest BCUT2D eigenvalue weighted by atomic mass is 35.5. The Morgan fingerprint density at radius 1 is 1.38 bits per heavy atom. The van der Waals surface area contributed by atoms with Gasteiger partial charge in [0.1, 0.15) is 11.2 Å². The van der Waals surface area contributed by atoms with Gasteiger partial charge in [-0.3, -0.25) is 0 Å². The first kappa shape index (κ1) is 19.7. The lowest BCUT2D eigenvalue weighted by molar-refractivity contribution is 0.583. The van der Waals surface area contributed by atoms with E-state index in [1.165, 1.54) is 0 Å². The smallest absolute Gasteiger partial charge is 0.147 e. The molecule has 1 aliphatic carbocycles. The van der Waals surface area contributed by atoms with Crippen molar-refractivity contribution in [1.29, 1.82) is 10.7 Å². The van der Waals surface area contributed by atoms with Crippen LogP contribution in [0.3, 0.4) is 0 Å². The van der Waals surface area contributed by atoms with E-state index in [2.05, 4.69) is 16.4 Å². The first-order chi connectivity index (χ1) is 12.5. The van der Waals surface area contributed by atoms with Crippen LogP contribution in [-0.2, 0) is 6.42 Å². The van der Waals surface area contributed by atoms with E-state index in [9.17, 15) is 0 Å². The summed E-state index contributed by atoms with van der Waals surface area (Å²) in [7, 11) is 0. The number of nitrogen functional groups attached to an aromatic ring is 1. The van der Waals surface area contributed by atoms with Crippen molar-refractivity contribution in [3.8, 4) is 6.07 Å². The average Bonchev–Trinajstić information content (AvgIpc) is 2.64. The minimum absolute atomic E-state index is 0.0292. The lowest BCUT2D eigenvalue weighted by Crippen LogP contribution is -2.20. The molecule has 1 aromatic heterocycles. The van der Waals surface area contributed by atoms with E-state index in [4.69, 9.17) is 28.0 Å². The van der Waals surface area contributed by atoms with E-state index in [0.717, 1.165) is 41.8 Å². The van der Waals surface area contributed by atoms with Crippen molar-refractivity contribution in [2.75, 3.05) is 11.1 Å². The molecule has 0 spiro atoms. The molecule has 0 saturated carbocycles. The maximum absolute atomic E-state index is 9.11. The Morgan fingerprint density at radius 2 is 2.12 bits per heavy atom. The van der Waals surface area contributed by atoms with Crippen LogP contribution in [0.15, 0.2) is 24.3 Å². The number of pyridine rings is 1. The van der Waals surface area contributed by atoms with Crippen LogP contribution in [0.5, 0.6) is 0 Å². The lowest BCUT2D eigenvalue weighted by atomic mass is 9.91. The molecule has 1 heterocycles. The second-order valence-electron chi connectivity index (χ2n) is 6.00. The van der Waals surface area contributed by atoms with Crippen LogP contribution in [0, 0.1) is 16.7 Å². The Balaban J connectivity index is 0.00000117. The number of benzene rings is 1. The van der Waals surface area contributed by atoms with Crippen molar-refractivity contribution in [2.45, 2.75) is 46.1 Å². The zero-order valence-electron chi connectivity index (χ0n) is 15.4. The first-order valence-corrected chi connectivity index (χ1v) is 9.18. The van der Waals surface area contributed by atoms with Gasteiger partial charge >= 0.3 is 0 Å². The van der Waals surface area contributed by atoms with E-state index < -0.39 is 0 Å². The number of aromatic nitrogens is 1. The summed E-state index contributed by atoms with van der Waals surface area (Å²) in [6.07, 6.45) is 2.86. The Hall–Kier alpha value is -2.58. The monoisotopic (exact) mass is 369 g/mol. The molecule has 0 saturated heterocycles. The Labute approximate surface area is 159 Å². The molecule has 1 aliphatic rings. The van der Waals surface area contributed by atoms with Gasteiger partial charge in [0.25, 0.3) is 0 Å². The molecule has 0 aliphatic heterocycles. The molecule has 2 aromatic rings. The van der Waals surface area contributed by atoms with Gasteiger partial charge in [0, 0.05) is 22.6 Å². The van der Waals surface area contributed by atoms with Gasteiger partial charge in [0.15, 0.2) is 0 Å². The highest BCUT2D eigenvalue weighted by Gasteiger charge is 2.23. The highest BCUT2D eigenvalue weighted by Crippen LogP contribution is 2.34. The minimum atomic E-state index is 0.0292. The number of halogens is 1. The largest absolute Gasteiger partial charge is 0.398 e. The third-order valence-corrected chi connectivity index (χ3v) is 4.56. The normalized spacial score (nSPS) is 15.1. The predicted octanol–water partition coefficient (Wildman–Crippen LogP) is 5.09. The average molecular weight is 370 g/mol. The fourth-order valence-corrected chi connectivity index (χ4v) is 3.26. The van der Waals surface area contributed by atoms with E-state index in [0.29, 0.717) is 17.0 Å². The summed E-state index contributed by atoms with van der Waals surface area (Å²) in [5.41, 5.74) is 11.0. The third-order valence-electron chi connectivity index (χ3n) is 4.28. The van der Waals surface area contributed by atoms with Crippen molar-refractivity contribution in [3.05, 3.63) is 51.8 Å². The second-order valence-corrected chi connectivity index (χ2v) is 6.36. The molecular formula is C20H24ClN5. The van der Waals surface area contributed by atoms with E-state index in [1.54, 1.807) is 13.0 Å². The molecule has 4 N–H and O–H groups in total. The van der Waals surface area contributed by atoms with Gasteiger partial charge in [-0.25, -0.2) is 4.98 Å². The summed E-state index contributed by atoms with van der Waals surface area (Å²) in [4.78, 5) is 4.45. The maximum Gasteiger partial charge on any atom is 0.147 e. The third kappa shape index (κ3) is 4.14. The Bertz CT molecular complexity index is 854. The zero-order valence-corrected chi connectivity index (χ0v) is 16.1. The van der Waals surface area contributed by atoms with Gasteiger partial charge in [-0.15, -0.1) is 0 Å². The maximum atomic E-state index is 9.11. The molecule has 0 amide bonds. The van der Waals surface area contributed by atoms with Crippen molar-refractivity contribution in [1.82, 2.24) is 4.98 Å². The molecule has 1 aromatic carbocycles. The van der Waals surface area contributed by atoms with Gasteiger partial charge in [0.05, 0.1) is 17.3 Å². The van der Waals surface area contributed by atoms with Crippen LogP contribution in [0.25, 0.3) is 0 Å². The van der Waals surface area contributed by atoms with Gasteiger partial charge in [0.2, 0.25) is 0 Å². The summed E-state index contributed by atoms with van der Waals surface area (Å²) in [5.74, 6) is 0. The lowest BCUT2D eigenvalue weighted by Gasteiger charge is -2.27. The molecular weight excluding hydrogens is 346 g/mol. The van der Waals surface area contributed by atoms with E-state index in [1.807, 2.05) is 32.0 Å². The number of aryl methyl sites for hydroxylation is 1. The van der Waals surface area contributed by atoms with Gasteiger partial charge in [-0.2, -0.15) is 5.26 Å². The number of anilines is 2. The topological polar surface area (TPSA) is 98.6 Å². The first-order valence-electron chi connectivity index (χ1n) is 8.80. The number of hydrogen-bond donors (Lipinski definition) is 3. The fraction of sp³-hybridized carbons (Fsp3) is 0.350. The van der Waals surface area contributed by atoms with Crippen LogP contribution in [0.1, 0.15) is 62.0 Å². The minimum Gasteiger partial charge on any atom is -0.398 e. The SMILES string of the molecule is CC.CC(=N)c1cc(NC2CCCc3cc(C#N)c(Cl)nc32)ccc1N. The zero-order chi connectivity index (χ0) is 19.3. The molecule has 136 valence electrons. The highest BCUT2D eigenvalue weighted by molar-refractivity contribution is 6.30. The molecule has 0 fully saturated rings. The molecule has 1 atom stereocenters. The summed E-state index contributed by atoms with van der Waals surface area (Å²) in [5, 5.41) is 20.6. The molecule has 1 unspecified atom stereocenters. The quantitative estimate of drug-likeness (QED) is 0.398. The molecule has 6 heteroatoms. The predicted molar refractivity (Wildman–Crippen MR) is 108 cm³/mol. The van der Waals surface area contributed by atoms with Crippen LogP contribution >= 0.6 is 11.6 Å². The van der Waals surface area contributed by atoms with Crippen molar-refractivity contribution in [2.24, 2.45) is 0 Å². The number of fused-ring (bicyclic) bond motifs is 1. The van der Waals surface area contributed by atoms with Crippen molar-refractivity contribution in [3.63, 3.8) is 0 Å². The summed E-state index contributed by atoms with van der Waals surface area (Å²) in [6, 6.07) is 9.55. The van der Waals surface area contributed by atoms with Gasteiger partial charge in [-0.05, 0) is 56.0 Å². The molecule has 0 radical (unpaired) electrons. The number of nitrogens with one attached hydrogen (secondary N) is 2. The van der Waals surface area contributed by atoms with Crippen LogP contribution in [-0.4, -0.2) is 10.7 Å². The summed E-state index contributed by atoms with van der Waals surface area (Å²) in [6.45, 7) is 5.72. The van der Waals surface area contributed by atoms with Gasteiger partial charge in [-0.1, -0.05) is 25.4 Å². The molecule has 0 bridgehead atoms. The second kappa shape index (κ2) is 8.68. The number of rotatable bonds is 3. The van der Waals surface area contributed by atoms with Crippen molar-refractivity contribution >= 4 is 28.7 Å². The summed E-state index contributed by atoms with van der Waals surface area (Å²) < 4.78 is 0. The van der Waals surface area contributed by atoms with Gasteiger partial charge < -0.3 is 16.5 Å². The number of nitriles is 1. The molecule has 26 heavy (non-hydrogen) atoms. The van der Waals surface area contributed by atoms with E-state index in [-0.39, 0.29) is 11.2 Å².